The van der Waals surface area contributed by atoms with Gasteiger partial charge in [-0.25, -0.2) is 18.0 Å². The molecular weight excluding hydrogens is 355 g/mol. The van der Waals surface area contributed by atoms with Crippen LogP contribution in [0.5, 0.6) is 0 Å². The lowest BCUT2D eigenvalue weighted by molar-refractivity contribution is 0.0698. The van der Waals surface area contributed by atoms with Crippen LogP contribution in [0, 0.1) is 17.5 Å². The molecule has 0 heterocycles. The lowest BCUT2D eigenvalue weighted by Crippen LogP contribution is -2.03. The molecule has 27 heavy (non-hydrogen) atoms. The number of carboxylic acids is 1. The molecular formula is C21H14F3NO2. The van der Waals surface area contributed by atoms with Crippen LogP contribution in [0.25, 0.3) is 12.2 Å². The highest BCUT2D eigenvalue weighted by Crippen LogP contribution is 2.24. The minimum Gasteiger partial charge on any atom is -0.478 e. The van der Waals surface area contributed by atoms with E-state index in [1.165, 1.54) is 42.5 Å². The van der Waals surface area contributed by atoms with Gasteiger partial charge in [0, 0.05) is 17.3 Å². The molecule has 0 aliphatic rings. The molecule has 0 fully saturated rings. The van der Waals surface area contributed by atoms with E-state index in [4.69, 9.17) is 0 Å². The largest absolute Gasteiger partial charge is 0.478 e. The monoisotopic (exact) mass is 369 g/mol. The second kappa shape index (κ2) is 7.78. The fraction of sp³-hybridized carbons (Fsp3) is 0. The van der Waals surface area contributed by atoms with Gasteiger partial charge in [-0.3, -0.25) is 0 Å². The second-order valence-electron chi connectivity index (χ2n) is 5.74. The van der Waals surface area contributed by atoms with Crippen LogP contribution >= 0.6 is 0 Å². The van der Waals surface area contributed by atoms with Crippen LogP contribution in [0.4, 0.5) is 24.5 Å². The molecule has 0 saturated heterocycles. The lowest BCUT2D eigenvalue weighted by atomic mass is 10.1. The molecule has 0 bridgehead atoms. The van der Waals surface area contributed by atoms with E-state index in [0.29, 0.717) is 16.9 Å². The zero-order chi connectivity index (χ0) is 19.4. The summed E-state index contributed by atoms with van der Waals surface area (Å²) in [5.41, 5.74) is 1.66. The van der Waals surface area contributed by atoms with E-state index in [1.54, 1.807) is 18.2 Å². The zero-order valence-corrected chi connectivity index (χ0v) is 13.9. The van der Waals surface area contributed by atoms with Gasteiger partial charge < -0.3 is 10.4 Å². The van der Waals surface area contributed by atoms with E-state index >= 15 is 0 Å². The molecule has 0 radical (unpaired) electrons. The lowest BCUT2D eigenvalue weighted by Gasteiger charge is -2.11. The molecule has 0 unspecified atom stereocenters. The Morgan fingerprint density at radius 2 is 1.56 bits per heavy atom. The van der Waals surface area contributed by atoms with Gasteiger partial charge in [0.1, 0.15) is 17.5 Å². The highest BCUT2D eigenvalue weighted by molar-refractivity contribution is 5.96. The molecule has 0 saturated carbocycles. The van der Waals surface area contributed by atoms with E-state index in [2.05, 4.69) is 5.32 Å². The van der Waals surface area contributed by atoms with Gasteiger partial charge in [-0.05, 0) is 54.1 Å². The van der Waals surface area contributed by atoms with Crippen molar-refractivity contribution in [3.63, 3.8) is 0 Å². The Balaban J connectivity index is 1.91. The molecule has 2 N–H and O–H groups in total. The fourth-order valence-corrected chi connectivity index (χ4v) is 2.47. The highest BCUT2D eigenvalue weighted by Gasteiger charge is 2.11. The van der Waals surface area contributed by atoms with Gasteiger partial charge in [-0.1, -0.05) is 18.2 Å². The number of rotatable bonds is 5. The van der Waals surface area contributed by atoms with Gasteiger partial charge in [-0.2, -0.15) is 0 Å². The molecule has 3 rings (SSSR count). The minimum absolute atomic E-state index is 0.0319. The SMILES string of the molecule is O=C(O)c1ccc(/C=C/c2ccc(F)cc2F)cc1Nc1ccc(F)cc1. The van der Waals surface area contributed by atoms with E-state index in [0.717, 1.165) is 12.1 Å². The number of hydrogen-bond acceptors (Lipinski definition) is 2. The first-order valence-electron chi connectivity index (χ1n) is 7.95. The first-order valence-corrected chi connectivity index (χ1v) is 7.95. The quantitative estimate of drug-likeness (QED) is 0.566. The highest BCUT2D eigenvalue weighted by atomic mass is 19.1. The van der Waals surface area contributed by atoms with Crippen molar-refractivity contribution in [1.82, 2.24) is 0 Å². The first-order chi connectivity index (χ1) is 12.9. The van der Waals surface area contributed by atoms with Crippen molar-refractivity contribution in [2.45, 2.75) is 0 Å². The summed E-state index contributed by atoms with van der Waals surface area (Å²) in [5, 5.41) is 12.3. The van der Waals surface area contributed by atoms with E-state index in [-0.39, 0.29) is 11.1 Å². The molecule has 3 aromatic carbocycles. The third kappa shape index (κ3) is 4.55. The predicted molar refractivity (Wildman–Crippen MR) is 98.4 cm³/mol. The number of hydrogen-bond donors (Lipinski definition) is 2. The third-order valence-corrected chi connectivity index (χ3v) is 3.82. The average Bonchev–Trinajstić information content (AvgIpc) is 2.63. The number of halogens is 3. The summed E-state index contributed by atoms with van der Waals surface area (Å²) >= 11 is 0. The van der Waals surface area contributed by atoms with Gasteiger partial charge in [0.05, 0.1) is 11.3 Å². The minimum atomic E-state index is -1.13. The summed E-state index contributed by atoms with van der Waals surface area (Å²) in [4.78, 5) is 11.4. The Bertz CT molecular complexity index is 1010. The molecule has 6 heteroatoms. The van der Waals surface area contributed by atoms with Gasteiger partial charge in [0.25, 0.3) is 0 Å². The zero-order valence-electron chi connectivity index (χ0n) is 13.9. The smallest absolute Gasteiger partial charge is 0.337 e. The molecule has 0 atom stereocenters. The fourth-order valence-electron chi connectivity index (χ4n) is 2.47. The van der Waals surface area contributed by atoms with Crippen molar-refractivity contribution < 1.29 is 23.1 Å². The number of benzene rings is 3. The van der Waals surface area contributed by atoms with Gasteiger partial charge in [-0.15, -0.1) is 0 Å². The summed E-state index contributed by atoms with van der Waals surface area (Å²) in [5.74, 6) is -2.89. The van der Waals surface area contributed by atoms with Crippen molar-refractivity contribution in [3.05, 3.63) is 94.8 Å². The number of carbonyl (C=O) groups is 1. The standard InChI is InChI=1S/C21H14F3NO2/c22-15-6-8-17(9-7-15)25-20-11-13(2-10-18(20)21(26)27)1-3-14-4-5-16(23)12-19(14)24/h1-12,25H,(H,26,27)/b3-1+. The molecule has 3 aromatic rings. The van der Waals surface area contributed by atoms with Crippen molar-refractivity contribution in [1.29, 1.82) is 0 Å². The van der Waals surface area contributed by atoms with Crippen LogP contribution in [-0.2, 0) is 0 Å². The molecule has 0 aliphatic heterocycles. The second-order valence-corrected chi connectivity index (χ2v) is 5.74. The number of nitrogens with one attached hydrogen (secondary N) is 1. The Labute approximate surface area is 153 Å². The van der Waals surface area contributed by atoms with E-state index in [1.807, 2.05) is 0 Å². The van der Waals surface area contributed by atoms with E-state index in [9.17, 15) is 23.1 Å². The molecule has 3 nitrogen and oxygen atoms in total. The summed E-state index contributed by atoms with van der Waals surface area (Å²) in [7, 11) is 0. The maximum absolute atomic E-state index is 13.7. The number of anilines is 2. The molecule has 0 spiro atoms. The predicted octanol–water partition coefficient (Wildman–Crippen LogP) is 5.72. The maximum Gasteiger partial charge on any atom is 0.337 e. The van der Waals surface area contributed by atoms with Crippen molar-refractivity contribution in [2.75, 3.05) is 5.32 Å². The Morgan fingerprint density at radius 3 is 2.22 bits per heavy atom. The number of aromatic carboxylic acids is 1. The molecule has 0 aromatic heterocycles. The van der Waals surface area contributed by atoms with Gasteiger partial charge >= 0.3 is 5.97 Å². The summed E-state index contributed by atoms with van der Waals surface area (Å²) in [6.45, 7) is 0. The van der Waals surface area contributed by atoms with Gasteiger partial charge in [0.2, 0.25) is 0 Å². The van der Waals surface area contributed by atoms with Crippen LogP contribution in [-0.4, -0.2) is 11.1 Å². The summed E-state index contributed by atoms with van der Waals surface area (Å²) < 4.78 is 39.7. The van der Waals surface area contributed by atoms with Crippen LogP contribution < -0.4 is 5.32 Å². The Morgan fingerprint density at radius 1 is 0.852 bits per heavy atom. The van der Waals surface area contributed by atoms with Crippen LogP contribution in [0.3, 0.4) is 0 Å². The average molecular weight is 369 g/mol. The third-order valence-electron chi connectivity index (χ3n) is 3.82. The Kier molecular flexibility index (Phi) is 5.26. The topological polar surface area (TPSA) is 49.3 Å². The molecule has 136 valence electrons. The summed E-state index contributed by atoms with van der Waals surface area (Å²) in [6, 6.07) is 13.3. The molecule has 0 amide bonds. The maximum atomic E-state index is 13.7. The first kappa shape index (κ1) is 18.3. The van der Waals surface area contributed by atoms with Crippen LogP contribution in [0.1, 0.15) is 21.5 Å². The Hall–Kier alpha value is -3.54. The number of carboxylic acid groups (broad SMARTS) is 1. The van der Waals surface area contributed by atoms with Gasteiger partial charge in [0.15, 0.2) is 0 Å². The van der Waals surface area contributed by atoms with Crippen LogP contribution in [0.2, 0.25) is 0 Å². The van der Waals surface area contributed by atoms with Crippen molar-refractivity contribution in [3.8, 4) is 0 Å². The summed E-state index contributed by atoms with van der Waals surface area (Å²) in [6.07, 6.45) is 3.05. The normalized spacial score (nSPS) is 10.9. The van der Waals surface area contributed by atoms with Crippen molar-refractivity contribution in [2.24, 2.45) is 0 Å². The van der Waals surface area contributed by atoms with Crippen molar-refractivity contribution >= 4 is 29.5 Å². The molecule has 0 aliphatic carbocycles. The van der Waals surface area contributed by atoms with E-state index < -0.39 is 23.4 Å². The van der Waals surface area contributed by atoms with Crippen LogP contribution in [0.15, 0.2) is 60.7 Å².